The highest BCUT2D eigenvalue weighted by Gasteiger charge is 2.10. The first-order valence-corrected chi connectivity index (χ1v) is 5.48. The molecule has 0 saturated heterocycles. The highest BCUT2D eigenvalue weighted by molar-refractivity contribution is 5.44. The number of hydrogen-bond acceptors (Lipinski definition) is 5. The smallest absolute Gasteiger partial charge is 0.155 e. The van der Waals surface area contributed by atoms with E-state index in [1.54, 1.807) is 6.20 Å². The molecule has 2 aromatic heterocycles. The van der Waals surface area contributed by atoms with Crippen molar-refractivity contribution in [3.63, 3.8) is 0 Å². The lowest BCUT2D eigenvalue weighted by Crippen LogP contribution is -2.20. The number of rotatable bonds is 4. The van der Waals surface area contributed by atoms with E-state index in [0.29, 0.717) is 13.1 Å². The van der Waals surface area contributed by atoms with Crippen LogP contribution in [0.4, 0.5) is 5.82 Å². The monoisotopic (exact) mass is 232 g/mol. The largest absolute Gasteiger partial charge is 0.464 e. The molecule has 17 heavy (non-hydrogen) atoms. The lowest BCUT2D eigenvalue weighted by atomic mass is 10.2. The van der Waals surface area contributed by atoms with Gasteiger partial charge in [0.2, 0.25) is 0 Å². The summed E-state index contributed by atoms with van der Waals surface area (Å²) in [4.78, 5) is 1.98. The van der Waals surface area contributed by atoms with E-state index in [1.165, 1.54) is 0 Å². The highest BCUT2D eigenvalue weighted by Crippen LogP contribution is 2.17. The van der Waals surface area contributed by atoms with Crippen LogP contribution >= 0.6 is 0 Å². The molecule has 0 aliphatic rings. The van der Waals surface area contributed by atoms with Crippen molar-refractivity contribution in [1.82, 2.24) is 10.2 Å². The molecule has 0 aliphatic heterocycles. The van der Waals surface area contributed by atoms with Crippen LogP contribution in [0.5, 0.6) is 0 Å². The van der Waals surface area contributed by atoms with Gasteiger partial charge in [0, 0.05) is 19.2 Å². The van der Waals surface area contributed by atoms with Crippen LogP contribution in [0.3, 0.4) is 0 Å². The molecule has 5 heteroatoms. The van der Waals surface area contributed by atoms with Crippen LogP contribution in [0.1, 0.15) is 17.1 Å². The van der Waals surface area contributed by atoms with Crippen LogP contribution in [0.15, 0.2) is 28.8 Å². The molecular formula is C12H16N4O. The quantitative estimate of drug-likeness (QED) is 0.864. The molecule has 0 atom stereocenters. The van der Waals surface area contributed by atoms with Gasteiger partial charge in [-0.3, -0.25) is 0 Å². The number of nitrogens with two attached hydrogens (primary N) is 1. The zero-order valence-electron chi connectivity index (χ0n) is 10.1. The third kappa shape index (κ3) is 2.62. The van der Waals surface area contributed by atoms with Crippen LogP contribution in [-0.4, -0.2) is 17.2 Å². The molecule has 2 heterocycles. The summed E-state index contributed by atoms with van der Waals surface area (Å²) in [6.07, 6.45) is 1.65. The Kier molecular flexibility index (Phi) is 3.39. The van der Waals surface area contributed by atoms with E-state index in [2.05, 4.69) is 10.2 Å². The van der Waals surface area contributed by atoms with Gasteiger partial charge in [0.1, 0.15) is 11.5 Å². The zero-order chi connectivity index (χ0) is 12.3. The van der Waals surface area contributed by atoms with Gasteiger partial charge in [-0.1, -0.05) is 0 Å². The van der Waals surface area contributed by atoms with Crippen LogP contribution < -0.4 is 10.6 Å². The second kappa shape index (κ2) is 4.97. The maximum absolute atomic E-state index is 5.67. The molecule has 0 saturated carbocycles. The van der Waals surface area contributed by atoms with Crippen molar-refractivity contribution in [1.29, 1.82) is 0 Å². The fourth-order valence-electron chi connectivity index (χ4n) is 1.71. The maximum Gasteiger partial charge on any atom is 0.155 e. The summed E-state index contributed by atoms with van der Waals surface area (Å²) in [6.45, 7) is 3.03. The van der Waals surface area contributed by atoms with Crippen LogP contribution in [0, 0.1) is 6.92 Å². The first-order chi connectivity index (χ1) is 8.20. The molecule has 0 radical (unpaired) electrons. The molecule has 0 aromatic carbocycles. The van der Waals surface area contributed by atoms with E-state index in [0.717, 1.165) is 22.9 Å². The fraction of sp³-hybridized carbons (Fsp3) is 0.333. The first-order valence-electron chi connectivity index (χ1n) is 5.48. The Balaban J connectivity index is 2.16. The molecule has 0 fully saturated rings. The van der Waals surface area contributed by atoms with Crippen molar-refractivity contribution in [2.45, 2.75) is 20.0 Å². The van der Waals surface area contributed by atoms with Gasteiger partial charge in [-0.05, 0) is 25.1 Å². The van der Waals surface area contributed by atoms with Gasteiger partial charge in [-0.15, -0.1) is 5.10 Å². The van der Waals surface area contributed by atoms with Gasteiger partial charge < -0.3 is 15.1 Å². The molecule has 2 N–H and O–H groups in total. The van der Waals surface area contributed by atoms with Crippen molar-refractivity contribution in [2.75, 3.05) is 11.9 Å². The molecule has 0 unspecified atom stereocenters. The minimum atomic E-state index is 0.451. The Morgan fingerprint density at radius 1 is 1.35 bits per heavy atom. The molecule has 0 spiro atoms. The van der Waals surface area contributed by atoms with Crippen LogP contribution in [0.25, 0.3) is 0 Å². The third-order valence-electron chi connectivity index (χ3n) is 2.55. The lowest BCUT2D eigenvalue weighted by Gasteiger charge is -2.18. The van der Waals surface area contributed by atoms with Crippen molar-refractivity contribution < 1.29 is 4.42 Å². The van der Waals surface area contributed by atoms with Gasteiger partial charge in [0.25, 0.3) is 0 Å². The first kappa shape index (κ1) is 11.6. The molecule has 90 valence electrons. The van der Waals surface area contributed by atoms with Gasteiger partial charge >= 0.3 is 0 Å². The number of anilines is 1. The standard InChI is InChI=1S/C12H16N4O/c1-9-3-4-11(17-9)8-16(2)12-10(7-13)5-6-14-15-12/h3-6H,7-8,13H2,1-2H3. The Bertz CT molecular complexity index is 495. The molecule has 5 nitrogen and oxygen atoms in total. The van der Waals surface area contributed by atoms with Crippen LogP contribution in [-0.2, 0) is 13.1 Å². The molecular weight excluding hydrogens is 216 g/mol. The highest BCUT2D eigenvalue weighted by atomic mass is 16.3. The lowest BCUT2D eigenvalue weighted by molar-refractivity contribution is 0.481. The minimum Gasteiger partial charge on any atom is -0.464 e. The average molecular weight is 232 g/mol. The van der Waals surface area contributed by atoms with Gasteiger partial charge in [0.05, 0.1) is 12.7 Å². The summed E-state index contributed by atoms with van der Waals surface area (Å²) in [6, 6.07) is 5.79. The van der Waals surface area contributed by atoms with E-state index < -0.39 is 0 Å². The molecule has 2 aromatic rings. The number of aromatic nitrogens is 2. The van der Waals surface area contributed by atoms with Crippen molar-refractivity contribution >= 4 is 5.82 Å². The Labute approximate surface area is 100 Å². The summed E-state index contributed by atoms with van der Waals surface area (Å²) >= 11 is 0. The average Bonchev–Trinajstić information content (AvgIpc) is 2.74. The van der Waals surface area contributed by atoms with E-state index in [4.69, 9.17) is 10.2 Å². The predicted octanol–water partition coefficient (Wildman–Crippen LogP) is 1.47. The Morgan fingerprint density at radius 2 is 2.18 bits per heavy atom. The van der Waals surface area contributed by atoms with Gasteiger partial charge in [-0.2, -0.15) is 5.10 Å². The summed E-state index contributed by atoms with van der Waals surface area (Å²) in [7, 11) is 1.95. The van der Waals surface area contributed by atoms with Crippen molar-refractivity contribution in [2.24, 2.45) is 5.73 Å². The van der Waals surface area contributed by atoms with E-state index in [9.17, 15) is 0 Å². The number of aryl methyl sites for hydroxylation is 1. The molecule has 2 rings (SSSR count). The van der Waals surface area contributed by atoms with Gasteiger partial charge in [-0.25, -0.2) is 0 Å². The Hall–Kier alpha value is -1.88. The van der Waals surface area contributed by atoms with E-state index >= 15 is 0 Å². The fourth-order valence-corrected chi connectivity index (χ4v) is 1.71. The Morgan fingerprint density at radius 3 is 2.82 bits per heavy atom. The zero-order valence-corrected chi connectivity index (χ0v) is 10.1. The molecule has 0 bridgehead atoms. The summed E-state index contributed by atoms with van der Waals surface area (Å²) in [5, 5.41) is 7.99. The third-order valence-corrected chi connectivity index (χ3v) is 2.55. The normalized spacial score (nSPS) is 10.5. The second-order valence-electron chi connectivity index (χ2n) is 3.95. The predicted molar refractivity (Wildman–Crippen MR) is 65.5 cm³/mol. The second-order valence-corrected chi connectivity index (χ2v) is 3.95. The van der Waals surface area contributed by atoms with E-state index in [1.807, 2.05) is 37.1 Å². The summed E-state index contributed by atoms with van der Waals surface area (Å²) in [5.41, 5.74) is 6.65. The SMILES string of the molecule is Cc1ccc(CN(C)c2nnccc2CN)o1. The number of hydrogen-bond donors (Lipinski definition) is 1. The summed E-state index contributed by atoms with van der Waals surface area (Å²) < 4.78 is 5.53. The molecule has 0 amide bonds. The van der Waals surface area contributed by atoms with Gasteiger partial charge in [0.15, 0.2) is 5.82 Å². The number of furan rings is 1. The van der Waals surface area contributed by atoms with Crippen molar-refractivity contribution in [3.05, 3.63) is 41.5 Å². The van der Waals surface area contributed by atoms with Crippen LogP contribution in [0.2, 0.25) is 0 Å². The minimum absolute atomic E-state index is 0.451. The summed E-state index contributed by atoms with van der Waals surface area (Å²) in [5.74, 6) is 2.61. The maximum atomic E-state index is 5.67. The number of nitrogens with zero attached hydrogens (tertiary/aromatic N) is 3. The van der Waals surface area contributed by atoms with E-state index in [-0.39, 0.29) is 0 Å². The van der Waals surface area contributed by atoms with Crippen molar-refractivity contribution in [3.8, 4) is 0 Å². The topological polar surface area (TPSA) is 68.2 Å². The molecule has 0 aliphatic carbocycles.